The van der Waals surface area contributed by atoms with Crippen LogP contribution in [-0.2, 0) is 16.1 Å². The highest BCUT2D eigenvalue weighted by atomic mass is 16.5. The van der Waals surface area contributed by atoms with Crippen LogP contribution in [0, 0.1) is 20.8 Å². The first-order valence-corrected chi connectivity index (χ1v) is 6.19. The minimum atomic E-state index is -0.486. The lowest BCUT2D eigenvalue weighted by Crippen LogP contribution is -2.31. The van der Waals surface area contributed by atoms with Gasteiger partial charge in [-0.25, -0.2) is 0 Å². The minimum Gasteiger partial charge on any atom is -0.496 e. The monoisotopic (exact) mass is 263 g/mol. The Bertz CT molecular complexity index is 521. The number of hydrogen-bond donors (Lipinski definition) is 0. The van der Waals surface area contributed by atoms with E-state index in [0.29, 0.717) is 6.54 Å². The SMILES string of the molecule is COc1c(C)c(C)cc(C)c1CN(C)C(=O)C(C)=O. The second-order valence-electron chi connectivity index (χ2n) is 4.86. The number of rotatable bonds is 4. The Hall–Kier alpha value is -1.84. The zero-order chi connectivity index (χ0) is 14.7. The predicted molar refractivity (Wildman–Crippen MR) is 74.4 cm³/mol. The molecule has 1 amide bonds. The maximum Gasteiger partial charge on any atom is 0.289 e. The number of Topliss-reactive ketones (excluding diaryl/α,β-unsaturated/α-hetero) is 1. The summed E-state index contributed by atoms with van der Waals surface area (Å²) in [6, 6.07) is 2.07. The summed E-state index contributed by atoms with van der Waals surface area (Å²) in [7, 11) is 3.25. The molecule has 0 heterocycles. The molecule has 0 aliphatic carbocycles. The van der Waals surface area contributed by atoms with E-state index in [-0.39, 0.29) is 0 Å². The highest BCUT2D eigenvalue weighted by Gasteiger charge is 2.18. The Morgan fingerprint density at radius 1 is 1.21 bits per heavy atom. The molecule has 19 heavy (non-hydrogen) atoms. The van der Waals surface area contributed by atoms with Crippen molar-refractivity contribution >= 4 is 11.7 Å². The van der Waals surface area contributed by atoms with E-state index in [1.165, 1.54) is 11.8 Å². The Morgan fingerprint density at radius 3 is 2.26 bits per heavy atom. The third-order valence-electron chi connectivity index (χ3n) is 3.36. The van der Waals surface area contributed by atoms with E-state index in [1.54, 1.807) is 14.2 Å². The summed E-state index contributed by atoms with van der Waals surface area (Å²) >= 11 is 0. The first-order chi connectivity index (χ1) is 8.79. The molecule has 0 bridgehead atoms. The summed E-state index contributed by atoms with van der Waals surface area (Å²) in [5.41, 5.74) is 4.22. The fourth-order valence-electron chi connectivity index (χ4n) is 2.16. The van der Waals surface area contributed by atoms with E-state index in [2.05, 4.69) is 6.07 Å². The highest BCUT2D eigenvalue weighted by Crippen LogP contribution is 2.30. The molecule has 4 nitrogen and oxygen atoms in total. The first kappa shape index (κ1) is 15.2. The maximum absolute atomic E-state index is 11.6. The average molecular weight is 263 g/mol. The Kier molecular flexibility index (Phi) is 4.70. The van der Waals surface area contributed by atoms with Crippen LogP contribution in [0.2, 0.25) is 0 Å². The number of hydrogen-bond acceptors (Lipinski definition) is 3. The molecule has 104 valence electrons. The molecule has 0 aliphatic rings. The van der Waals surface area contributed by atoms with Crippen LogP contribution in [0.15, 0.2) is 6.07 Å². The normalized spacial score (nSPS) is 10.2. The van der Waals surface area contributed by atoms with Gasteiger partial charge in [-0.15, -0.1) is 0 Å². The van der Waals surface area contributed by atoms with E-state index >= 15 is 0 Å². The molecular weight excluding hydrogens is 242 g/mol. The van der Waals surface area contributed by atoms with E-state index in [0.717, 1.165) is 28.0 Å². The first-order valence-electron chi connectivity index (χ1n) is 6.19. The van der Waals surface area contributed by atoms with E-state index in [4.69, 9.17) is 4.74 Å². The number of likely N-dealkylation sites (N-methyl/N-ethyl adjacent to an activating group) is 1. The molecule has 1 rings (SSSR count). The predicted octanol–water partition coefficient (Wildman–Crippen LogP) is 2.17. The summed E-state index contributed by atoms with van der Waals surface area (Å²) < 4.78 is 5.46. The molecule has 1 aromatic rings. The van der Waals surface area contributed by atoms with Crippen LogP contribution in [0.5, 0.6) is 5.75 Å². The lowest BCUT2D eigenvalue weighted by molar-refractivity contribution is -0.143. The molecule has 4 heteroatoms. The molecule has 0 N–H and O–H groups in total. The van der Waals surface area contributed by atoms with Gasteiger partial charge in [0, 0.05) is 26.1 Å². The zero-order valence-electron chi connectivity index (χ0n) is 12.5. The molecule has 0 aromatic heterocycles. The summed E-state index contributed by atoms with van der Waals surface area (Å²) in [6.45, 7) is 7.65. The van der Waals surface area contributed by atoms with E-state index < -0.39 is 11.7 Å². The summed E-state index contributed by atoms with van der Waals surface area (Å²) in [6.07, 6.45) is 0. The number of carbonyl (C=O) groups excluding carboxylic acids is 2. The smallest absolute Gasteiger partial charge is 0.289 e. The average Bonchev–Trinajstić information content (AvgIpc) is 2.35. The van der Waals surface area contributed by atoms with Crippen LogP contribution in [-0.4, -0.2) is 30.7 Å². The number of ether oxygens (including phenoxy) is 1. The van der Waals surface area contributed by atoms with Gasteiger partial charge < -0.3 is 9.64 Å². The van der Waals surface area contributed by atoms with Crippen LogP contribution in [0.25, 0.3) is 0 Å². The fraction of sp³-hybridized carbons (Fsp3) is 0.467. The van der Waals surface area contributed by atoms with Crippen molar-refractivity contribution in [1.82, 2.24) is 4.90 Å². The number of nitrogens with zero attached hydrogens (tertiary/aromatic N) is 1. The summed E-state index contributed by atoms with van der Waals surface area (Å²) in [4.78, 5) is 24.2. The van der Waals surface area contributed by atoms with Crippen molar-refractivity contribution in [2.24, 2.45) is 0 Å². The van der Waals surface area contributed by atoms with Crippen molar-refractivity contribution in [1.29, 1.82) is 0 Å². The third-order valence-corrected chi connectivity index (χ3v) is 3.36. The van der Waals surface area contributed by atoms with Gasteiger partial charge in [0.25, 0.3) is 5.91 Å². The zero-order valence-corrected chi connectivity index (χ0v) is 12.5. The number of aryl methyl sites for hydroxylation is 2. The van der Waals surface area contributed by atoms with Crippen molar-refractivity contribution in [3.63, 3.8) is 0 Å². The fourth-order valence-corrected chi connectivity index (χ4v) is 2.16. The van der Waals surface area contributed by atoms with Gasteiger partial charge in [-0.3, -0.25) is 9.59 Å². The van der Waals surface area contributed by atoms with Crippen molar-refractivity contribution in [2.45, 2.75) is 34.2 Å². The number of ketones is 1. The molecular formula is C15H21NO3. The van der Waals surface area contributed by atoms with Crippen LogP contribution < -0.4 is 4.74 Å². The molecule has 0 atom stereocenters. The highest BCUT2D eigenvalue weighted by molar-refractivity contribution is 6.34. The second kappa shape index (κ2) is 5.87. The van der Waals surface area contributed by atoms with Gasteiger partial charge in [-0.2, -0.15) is 0 Å². The van der Waals surface area contributed by atoms with Gasteiger partial charge in [0.05, 0.1) is 7.11 Å². The molecule has 1 aromatic carbocycles. The van der Waals surface area contributed by atoms with Gasteiger partial charge in [0.2, 0.25) is 5.78 Å². The Morgan fingerprint density at radius 2 is 1.79 bits per heavy atom. The molecule has 0 saturated carbocycles. The van der Waals surface area contributed by atoms with Gasteiger partial charge in [0.15, 0.2) is 0 Å². The summed E-state index contributed by atoms with van der Waals surface area (Å²) in [5, 5.41) is 0. The van der Waals surface area contributed by atoms with E-state index in [1.807, 2.05) is 20.8 Å². The Labute approximate surface area is 114 Å². The van der Waals surface area contributed by atoms with Gasteiger partial charge in [-0.05, 0) is 37.5 Å². The molecule has 0 fully saturated rings. The van der Waals surface area contributed by atoms with Gasteiger partial charge >= 0.3 is 0 Å². The van der Waals surface area contributed by atoms with Gasteiger partial charge in [0.1, 0.15) is 5.75 Å². The number of amides is 1. The largest absolute Gasteiger partial charge is 0.496 e. The van der Waals surface area contributed by atoms with Crippen molar-refractivity contribution in [2.75, 3.05) is 14.2 Å². The van der Waals surface area contributed by atoms with E-state index in [9.17, 15) is 9.59 Å². The number of methoxy groups -OCH3 is 1. The van der Waals surface area contributed by atoms with Crippen LogP contribution in [0.4, 0.5) is 0 Å². The second-order valence-corrected chi connectivity index (χ2v) is 4.86. The van der Waals surface area contributed by atoms with Crippen molar-refractivity contribution in [3.05, 3.63) is 28.3 Å². The molecule has 0 unspecified atom stereocenters. The lowest BCUT2D eigenvalue weighted by atomic mass is 9.98. The quantitative estimate of drug-likeness (QED) is 0.782. The Balaban J connectivity index is 3.17. The van der Waals surface area contributed by atoms with Crippen LogP contribution >= 0.6 is 0 Å². The number of benzene rings is 1. The molecule has 0 saturated heterocycles. The topological polar surface area (TPSA) is 46.6 Å². The number of carbonyl (C=O) groups is 2. The van der Waals surface area contributed by atoms with Gasteiger partial charge in [-0.1, -0.05) is 6.07 Å². The molecule has 0 radical (unpaired) electrons. The molecule has 0 spiro atoms. The van der Waals surface area contributed by atoms with Crippen LogP contribution in [0.3, 0.4) is 0 Å². The summed E-state index contributed by atoms with van der Waals surface area (Å²) in [5.74, 6) is -0.150. The third kappa shape index (κ3) is 3.13. The van der Waals surface area contributed by atoms with Crippen molar-refractivity contribution in [3.8, 4) is 5.75 Å². The lowest BCUT2D eigenvalue weighted by Gasteiger charge is -2.21. The minimum absolute atomic E-state index is 0.370. The standard InChI is InChI=1S/C15H21NO3/c1-9-7-10(2)13(14(19-6)11(9)3)8-16(5)15(18)12(4)17/h7H,8H2,1-6H3. The maximum atomic E-state index is 11.6. The van der Waals surface area contributed by atoms with Crippen molar-refractivity contribution < 1.29 is 14.3 Å². The van der Waals surface area contributed by atoms with Crippen LogP contribution in [0.1, 0.15) is 29.2 Å². The molecule has 0 aliphatic heterocycles.